The number of esters is 1. The van der Waals surface area contributed by atoms with Crippen LogP contribution in [0.1, 0.15) is 30.7 Å². The van der Waals surface area contributed by atoms with Crippen LogP contribution in [-0.4, -0.2) is 42.1 Å². The van der Waals surface area contributed by atoms with Crippen molar-refractivity contribution in [1.29, 1.82) is 0 Å². The van der Waals surface area contributed by atoms with Crippen LogP contribution in [-0.2, 0) is 16.0 Å². The van der Waals surface area contributed by atoms with Crippen molar-refractivity contribution in [2.75, 3.05) is 31.1 Å². The van der Waals surface area contributed by atoms with E-state index in [1.54, 1.807) is 6.33 Å². The summed E-state index contributed by atoms with van der Waals surface area (Å²) in [7, 11) is 0. The van der Waals surface area contributed by atoms with Gasteiger partial charge in [-0.25, -0.2) is 9.97 Å². The zero-order valence-electron chi connectivity index (χ0n) is 11.1. The number of piperazine rings is 1. The molecule has 2 aliphatic rings. The van der Waals surface area contributed by atoms with E-state index in [9.17, 15) is 4.79 Å². The van der Waals surface area contributed by atoms with E-state index in [1.165, 1.54) is 6.92 Å². The van der Waals surface area contributed by atoms with E-state index in [4.69, 9.17) is 4.74 Å². The number of rotatable bonds is 2. The van der Waals surface area contributed by atoms with E-state index in [0.717, 1.165) is 56.1 Å². The second-order valence-corrected chi connectivity index (χ2v) is 4.93. The van der Waals surface area contributed by atoms with Crippen LogP contribution in [0.3, 0.4) is 0 Å². The maximum atomic E-state index is 11.1. The van der Waals surface area contributed by atoms with Crippen molar-refractivity contribution in [2.24, 2.45) is 0 Å². The molecule has 1 saturated heterocycles. The van der Waals surface area contributed by atoms with E-state index in [-0.39, 0.29) is 12.1 Å². The lowest BCUT2D eigenvalue weighted by molar-refractivity contribution is -0.146. The maximum Gasteiger partial charge on any atom is 0.303 e. The zero-order valence-corrected chi connectivity index (χ0v) is 11.1. The number of aromatic nitrogens is 2. The molecule has 0 bridgehead atoms. The molecular weight excluding hydrogens is 244 g/mol. The maximum absolute atomic E-state index is 11.1. The summed E-state index contributed by atoms with van der Waals surface area (Å²) in [6, 6.07) is 0. The Morgan fingerprint density at radius 1 is 1.42 bits per heavy atom. The third-order valence-corrected chi connectivity index (χ3v) is 3.64. The van der Waals surface area contributed by atoms with Crippen LogP contribution in [0.5, 0.6) is 0 Å². The Kier molecular flexibility index (Phi) is 3.33. The Morgan fingerprint density at radius 3 is 2.95 bits per heavy atom. The first-order valence-electron chi connectivity index (χ1n) is 6.72. The fourth-order valence-electron chi connectivity index (χ4n) is 2.81. The van der Waals surface area contributed by atoms with Crippen LogP contribution in [0.25, 0.3) is 0 Å². The van der Waals surface area contributed by atoms with Crippen molar-refractivity contribution in [2.45, 2.75) is 25.9 Å². The molecule has 1 N–H and O–H groups in total. The second-order valence-electron chi connectivity index (χ2n) is 4.93. The number of hydrogen-bond acceptors (Lipinski definition) is 6. The average Bonchev–Trinajstić information content (AvgIpc) is 2.82. The van der Waals surface area contributed by atoms with Gasteiger partial charge in [0.05, 0.1) is 5.69 Å². The molecule has 1 aromatic heterocycles. The molecule has 2 heterocycles. The quantitative estimate of drug-likeness (QED) is 0.780. The first-order valence-corrected chi connectivity index (χ1v) is 6.72. The first-order chi connectivity index (χ1) is 9.25. The van der Waals surface area contributed by atoms with E-state index in [2.05, 4.69) is 20.2 Å². The molecule has 19 heavy (non-hydrogen) atoms. The summed E-state index contributed by atoms with van der Waals surface area (Å²) in [4.78, 5) is 22.1. The van der Waals surface area contributed by atoms with E-state index in [1.807, 2.05) is 0 Å². The van der Waals surface area contributed by atoms with Gasteiger partial charge in [-0.2, -0.15) is 0 Å². The smallest absolute Gasteiger partial charge is 0.303 e. The van der Waals surface area contributed by atoms with Crippen LogP contribution < -0.4 is 10.2 Å². The van der Waals surface area contributed by atoms with Crippen molar-refractivity contribution < 1.29 is 9.53 Å². The van der Waals surface area contributed by atoms with Crippen molar-refractivity contribution in [3.8, 4) is 0 Å². The summed E-state index contributed by atoms with van der Waals surface area (Å²) in [5.74, 6) is 0.765. The molecule has 0 saturated carbocycles. The number of carbonyl (C=O) groups is 1. The number of hydrogen-bond donors (Lipinski definition) is 1. The Balaban J connectivity index is 1.88. The molecule has 0 aromatic carbocycles. The fraction of sp³-hybridized carbons (Fsp3) is 0.615. The summed E-state index contributed by atoms with van der Waals surface area (Å²) >= 11 is 0. The normalized spacial score (nSPS) is 22.2. The molecule has 1 aliphatic carbocycles. The van der Waals surface area contributed by atoms with Crippen LogP contribution in [0.15, 0.2) is 6.33 Å². The molecule has 1 aromatic rings. The van der Waals surface area contributed by atoms with Gasteiger partial charge in [0, 0.05) is 38.7 Å². The Morgan fingerprint density at radius 2 is 2.21 bits per heavy atom. The van der Waals surface area contributed by atoms with Crippen LogP contribution in [0, 0.1) is 0 Å². The molecule has 1 aliphatic heterocycles. The highest BCUT2D eigenvalue weighted by Gasteiger charge is 2.31. The highest BCUT2D eigenvalue weighted by molar-refractivity contribution is 5.66. The van der Waals surface area contributed by atoms with Crippen LogP contribution in [0.2, 0.25) is 0 Å². The molecule has 1 fully saturated rings. The number of ether oxygens (including phenoxy) is 1. The molecule has 0 amide bonds. The summed E-state index contributed by atoms with van der Waals surface area (Å²) < 4.78 is 5.32. The molecule has 3 rings (SSSR count). The molecular formula is C13H18N4O2. The zero-order chi connectivity index (χ0) is 13.2. The Hall–Kier alpha value is -1.69. The largest absolute Gasteiger partial charge is 0.456 e. The molecule has 1 unspecified atom stereocenters. The molecule has 6 nitrogen and oxygen atoms in total. The van der Waals surface area contributed by atoms with Gasteiger partial charge in [0.15, 0.2) is 0 Å². The van der Waals surface area contributed by atoms with Gasteiger partial charge in [0.2, 0.25) is 0 Å². The standard InChI is InChI=1S/C13H18N4O2/c1-9(18)19-11-3-2-10-12(11)15-8-16-13(10)17-6-4-14-5-7-17/h8,11,14H,2-7H2,1H3. The third kappa shape index (κ3) is 2.40. The predicted octanol–water partition coefficient (Wildman–Crippen LogP) is 0.437. The van der Waals surface area contributed by atoms with Crippen molar-refractivity contribution in [1.82, 2.24) is 15.3 Å². The van der Waals surface area contributed by atoms with E-state index < -0.39 is 0 Å². The summed E-state index contributed by atoms with van der Waals surface area (Å²) in [6.45, 7) is 5.32. The van der Waals surface area contributed by atoms with Crippen molar-refractivity contribution >= 4 is 11.8 Å². The predicted molar refractivity (Wildman–Crippen MR) is 69.9 cm³/mol. The second kappa shape index (κ2) is 5.13. The topological polar surface area (TPSA) is 67.3 Å². The molecule has 0 radical (unpaired) electrons. The first kappa shape index (κ1) is 12.3. The van der Waals surface area contributed by atoms with Crippen LogP contribution >= 0.6 is 0 Å². The SMILES string of the molecule is CC(=O)OC1CCc2c1ncnc2N1CCNCC1. The minimum atomic E-state index is -0.250. The fourth-order valence-corrected chi connectivity index (χ4v) is 2.81. The highest BCUT2D eigenvalue weighted by Crippen LogP contribution is 2.36. The van der Waals surface area contributed by atoms with Gasteiger partial charge in [-0.05, 0) is 12.8 Å². The highest BCUT2D eigenvalue weighted by atomic mass is 16.5. The minimum absolute atomic E-state index is 0.197. The molecule has 0 spiro atoms. The lowest BCUT2D eigenvalue weighted by Crippen LogP contribution is -2.44. The Bertz CT molecular complexity index is 486. The van der Waals surface area contributed by atoms with Gasteiger partial charge in [-0.15, -0.1) is 0 Å². The monoisotopic (exact) mass is 262 g/mol. The number of nitrogens with one attached hydrogen (secondary N) is 1. The number of fused-ring (bicyclic) bond motifs is 1. The van der Waals surface area contributed by atoms with Gasteiger partial charge >= 0.3 is 5.97 Å². The average molecular weight is 262 g/mol. The van der Waals surface area contributed by atoms with E-state index in [0.29, 0.717) is 0 Å². The lowest BCUT2D eigenvalue weighted by Gasteiger charge is -2.29. The van der Waals surface area contributed by atoms with Crippen LogP contribution in [0.4, 0.5) is 5.82 Å². The summed E-state index contributed by atoms with van der Waals surface area (Å²) in [5.41, 5.74) is 2.04. The van der Waals surface area contributed by atoms with Gasteiger partial charge in [0.1, 0.15) is 18.2 Å². The van der Waals surface area contributed by atoms with Crippen molar-refractivity contribution in [3.05, 3.63) is 17.6 Å². The minimum Gasteiger partial charge on any atom is -0.456 e. The lowest BCUT2D eigenvalue weighted by atomic mass is 10.2. The molecule has 102 valence electrons. The third-order valence-electron chi connectivity index (χ3n) is 3.64. The molecule has 6 heteroatoms. The Labute approximate surface area is 112 Å². The number of nitrogens with zero attached hydrogens (tertiary/aromatic N) is 3. The number of anilines is 1. The summed E-state index contributed by atoms with van der Waals surface area (Å²) in [5, 5.41) is 3.33. The van der Waals surface area contributed by atoms with Gasteiger partial charge in [-0.1, -0.05) is 0 Å². The van der Waals surface area contributed by atoms with Gasteiger partial charge in [0.25, 0.3) is 0 Å². The number of carbonyl (C=O) groups excluding carboxylic acids is 1. The van der Waals surface area contributed by atoms with E-state index >= 15 is 0 Å². The van der Waals surface area contributed by atoms with Gasteiger partial charge in [-0.3, -0.25) is 4.79 Å². The van der Waals surface area contributed by atoms with Crippen molar-refractivity contribution in [3.63, 3.8) is 0 Å². The molecule has 1 atom stereocenters. The summed E-state index contributed by atoms with van der Waals surface area (Å²) in [6.07, 6.45) is 3.08. The van der Waals surface area contributed by atoms with Gasteiger partial charge < -0.3 is 15.0 Å².